The normalized spacial score (nSPS) is 11.4. The highest BCUT2D eigenvalue weighted by Crippen LogP contribution is 2.18. The second-order valence-corrected chi connectivity index (χ2v) is 5.35. The fraction of sp³-hybridized carbons (Fsp3) is 0.211. The van der Waals surface area contributed by atoms with Crippen molar-refractivity contribution in [2.75, 3.05) is 12.4 Å². The van der Waals surface area contributed by atoms with Gasteiger partial charge in [-0.25, -0.2) is 0 Å². The first-order valence-corrected chi connectivity index (χ1v) is 7.32. The lowest BCUT2D eigenvalue weighted by molar-refractivity contribution is -0.115. The Morgan fingerprint density at radius 3 is 2.23 bits per heavy atom. The van der Waals surface area contributed by atoms with Crippen LogP contribution in [0.25, 0.3) is 6.08 Å². The molecule has 0 heterocycles. The molecule has 0 saturated carbocycles. The van der Waals surface area contributed by atoms with Gasteiger partial charge in [0, 0.05) is 5.69 Å². The molecule has 0 saturated heterocycles. The number of hydrogen-bond donors (Lipinski definition) is 1. The first kappa shape index (κ1) is 15.8. The van der Waals surface area contributed by atoms with Gasteiger partial charge in [-0.2, -0.15) is 0 Å². The van der Waals surface area contributed by atoms with Crippen LogP contribution in [0.15, 0.2) is 60.4 Å². The van der Waals surface area contributed by atoms with Gasteiger partial charge >= 0.3 is 0 Å². The molecule has 0 fully saturated rings. The third-order valence-electron chi connectivity index (χ3n) is 3.38. The fourth-order valence-electron chi connectivity index (χ4n) is 2.06. The Hall–Kier alpha value is -2.55. The van der Waals surface area contributed by atoms with Crippen LogP contribution in [0.1, 0.15) is 30.9 Å². The standard InChI is InChI=1S/C19H21NO2/c1-14(2)16-9-11-17(12-10-16)20-19(21)18(22-3)13-15-7-5-4-6-8-15/h4-14H,1-3H3,(H,20,21)/b18-13-. The SMILES string of the molecule is CO/C(=C\c1ccccc1)C(=O)Nc1ccc(C(C)C)cc1. The number of carbonyl (C=O) groups excluding carboxylic acids is 1. The van der Waals surface area contributed by atoms with Crippen molar-refractivity contribution < 1.29 is 9.53 Å². The summed E-state index contributed by atoms with van der Waals surface area (Å²) in [4.78, 5) is 12.3. The van der Waals surface area contributed by atoms with Crippen molar-refractivity contribution in [2.24, 2.45) is 0 Å². The lowest BCUT2D eigenvalue weighted by atomic mass is 10.0. The van der Waals surface area contributed by atoms with Crippen LogP contribution in [0.5, 0.6) is 0 Å². The Bertz CT molecular complexity index is 643. The van der Waals surface area contributed by atoms with Gasteiger partial charge in [0.15, 0.2) is 5.76 Å². The summed E-state index contributed by atoms with van der Waals surface area (Å²) in [5.74, 6) is 0.486. The number of rotatable bonds is 5. The van der Waals surface area contributed by atoms with E-state index in [0.29, 0.717) is 5.92 Å². The van der Waals surface area contributed by atoms with Crippen LogP contribution in [0.3, 0.4) is 0 Å². The van der Waals surface area contributed by atoms with Gasteiger partial charge in [-0.05, 0) is 35.3 Å². The minimum Gasteiger partial charge on any atom is -0.491 e. The number of anilines is 1. The third-order valence-corrected chi connectivity index (χ3v) is 3.38. The molecule has 114 valence electrons. The topological polar surface area (TPSA) is 38.3 Å². The van der Waals surface area contributed by atoms with E-state index >= 15 is 0 Å². The average molecular weight is 295 g/mol. The Labute approximate surface area is 131 Å². The quantitative estimate of drug-likeness (QED) is 0.654. The summed E-state index contributed by atoms with van der Waals surface area (Å²) in [6.07, 6.45) is 1.72. The van der Waals surface area contributed by atoms with Gasteiger partial charge in [-0.3, -0.25) is 4.79 Å². The third kappa shape index (κ3) is 4.22. The molecule has 2 aromatic rings. The van der Waals surface area contributed by atoms with Crippen LogP contribution in [-0.2, 0) is 9.53 Å². The Kier molecular flexibility index (Phi) is 5.37. The molecule has 0 atom stereocenters. The largest absolute Gasteiger partial charge is 0.491 e. The summed E-state index contributed by atoms with van der Waals surface area (Å²) < 4.78 is 5.20. The lowest BCUT2D eigenvalue weighted by Crippen LogP contribution is -2.15. The summed E-state index contributed by atoms with van der Waals surface area (Å²) in [6.45, 7) is 4.28. The van der Waals surface area contributed by atoms with Gasteiger partial charge in [-0.1, -0.05) is 56.3 Å². The second-order valence-electron chi connectivity index (χ2n) is 5.35. The minimum absolute atomic E-state index is 0.261. The molecule has 0 radical (unpaired) electrons. The molecule has 0 aliphatic heterocycles. The first-order valence-electron chi connectivity index (χ1n) is 7.32. The zero-order valence-electron chi connectivity index (χ0n) is 13.2. The molecule has 1 amide bonds. The maximum absolute atomic E-state index is 12.3. The van der Waals surface area contributed by atoms with Crippen molar-refractivity contribution in [2.45, 2.75) is 19.8 Å². The molecule has 0 aliphatic rings. The molecular weight excluding hydrogens is 274 g/mol. The van der Waals surface area contributed by atoms with E-state index in [2.05, 4.69) is 19.2 Å². The fourth-order valence-corrected chi connectivity index (χ4v) is 2.06. The van der Waals surface area contributed by atoms with E-state index in [4.69, 9.17) is 4.74 Å². The smallest absolute Gasteiger partial charge is 0.290 e. The van der Waals surface area contributed by atoms with Gasteiger partial charge in [0.1, 0.15) is 0 Å². The predicted octanol–water partition coefficient (Wildman–Crippen LogP) is 4.44. The summed E-state index contributed by atoms with van der Waals surface area (Å²) in [5.41, 5.74) is 2.92. The van der Waals surface area contributed by atoms with Gasteiger partial charge in [0.05, 0.1) is 7.11 Å². The molecular formula is C19H21NO2. The van der Waals surface area contributed by atoms with Crippen molar-refractivity contribution in [1.29, 1.82) is 0 Å². The maximum Gasteiger partial charge on any atom is 0.290 e. The zero-order valence-corrected chi connectivity index (χ0v) is 13.2. The van der Waals surface area contributed by atoms with Crippen LogP contribution in [0.4, 0.5) is 5.69 Å². The molecule has 0 unspecified atom stereocenters. The van der Waals surface area contributed by atoms with Crippen LogP contribution in [0.2, 0.25) is 0 Å². The Balaban J connectivity index is 2.11. The lowest BCUT2D eigenvalue weighted by Gasteiger charge is -2.10. The molecule has 2 rings (SSSR count). The molecule has 1 N–H and O–H groups in total. The number of carbonyl (C=O) groups is 1. The number of amides is 1. The number of nitrogens with one attached hydrogen (secondary N) is 1. The highest BCUT2D eigenvalue weighted by atomic mass is 16.5. The molecule has 0 bridgehead atoms. The van der Waals surface area contributed by atoms with Gasteiger partial charge in [0.25, 0.3) is 5.91 Å². The van der Waals surface area contributed by atoms with Gasteiger partial charge in [-0.15, -0.1) is 0 Å². The Morgan fingerprint density at radius 1 is 1.05 bits per heavy atom. The number of ether oxygens (including phenoxy) is 1. The number of benzene rings is 2. The van der Waals surface area contributed by atoms with Crippen LogP contribution < -0.4 is 5.32 Å². The molecule has 2 aromatic carbocycles. The van der Waals surface area contributed by atoms with Crippen molar-refractivity contribution in [1.82, 2.24) is 0 Å². The predicted molar refractivity (Wildman–Crippen MR) is 90.6 cm³/mol. The molecule has 0 aliphatic carbocycles. The van der Waals surface area contributed by atoms with E-state index in [9.17, 15) is 4.79 Å². The van der Waals surface area contributed by atoms with E-state index in [1.165, 1.54) is 12.7 Å². The highest BCUT2D eigenvalue weighted by Gasteiger charge is 2.10. The Morgan fingerprint density at radius 2 is 1.68 bits per heavy atom. The van der Waals surface area contributed by atoms with Crippen LogP contribution >= 0.6 is 0 Å². The summed E-state index contributed by atoms with van der Waals surface area (Å²) in [6, 6.07) is 17.5. The van der Waals surface area contributed by atoms with Crippen molar-refractivity contribution in [3.05, 3.63) is 71.5 Å². The summed E-state index contributed by atoms with van der Waals surface area (Å²) in [7, 11) is 1.50. The monoisotopic (exact) mass is 295 g/mol. The van der Waals surface area contributed by atoms with E-state index in [1.807, 2.05) is 54.6 Å². The minimum atomic E-state index is -0.261. The van der Waals surface area contributed by atoms with E-state index in [0.717, 1.165) is 11.3 Å². The van der Waals surface area contributed by atoms with Gasteiger partial charge in [0.2, 0.25) is 0 Å². The van der Waals surface area contributed by atoms with Crippen molar-refractivity contribution >= 4 is 17.7 Å². The summed E-state index contributed by atoms with van der Waals surface area (Å²) >= 11 is 0. The molecule has 3 heteroatoms. The molecule has 0 aromatic heterocycles. The van der Waals surface area contributed by atoms with Crippen molar-refractivity contribution in [3.8, 4) is 0 Å². The average Bonchev–Trinajstić information content (AvgIpc) is 2.54. The van der Waals surface area contributed by atoms with E-state index in [-0.39, 0.29) is 11.7 Å². The summed E-state index contributed by atoms with van der Waals surface area (Å²) in [5, 5.41) is 2.85. The van der Waals surface area contributed by atoms with Crippen LogP contribution in [0, 0.1) is 0 Å². The van der Waals surface area contributed by atoms with E-state index in [1.54, 1.807) is 6.08 Å². The molecule has 0 spiro atoms. The first-order chi connectivity index (χ1) is 10.6. The van der Waals surface area contributed by atoms with Gasteiger partial charge < -0.3 is 10.1 Å². The van der Waals surface area contributed by atoms with Crippen molar-refractivity contribution in [3.63, 3.8) is 0 Å². The maximum atomic E-state index is 12.3. The highest BCUT2D eigenvalue weighted by molar-refractivity contribution is 6.05. The number of methoxy groups -OCH3 is 1. The zero-order chi connectivity index (χ0) is 15.9. The van der Waals surface area contributed by atoms with E-state index < -0.39 is 0 Å². The second kappa shape index (κ2) is 7.46. The number of hydrogen-bond acceptors (Lipinski definition) is 2. The van der Waals surface area contributed by atoms with Crippen LogP contribution in [-0.4, -0.2) is 13.0 Å². The molecule has 22 heavy (non-hydrogen) atoms. The molecule has 3 nitrogen and oxygen atoms in total.